The summed E-state index contributed by atoms with van der Waals surface area (Å²) in [5.74, 6) is -0.976. The topological polar surface area (TPSA) is 72.9 Å². The summed E-state index contributed by atoms with van der Waals surface area (Å²) in [7, 11) is 5.45. The molecule has 18 heavy (non-hydrogen) atoms. The molecule has 0 saturated heterocycles. The number of likely N-dealkylation sites (N-methyl/N-ethyl adjacent to an activating group) is 1. The summed E-state index contributed by atoms with van der Waals surface area (Å²) in [4.78, 5) is 26.1. The Bertz CT molecular complexity index is 282. The molecule has 0 aromatic heterocycles. The van der Waals surface area contributed by atoms with Gasteiger partial charge in [-0.05, 0) is 40.4 Å². The lowest BCUT2D eigenvalue weighted by molar-refractivity contribution is -0.141. The van der Waals surface area contributed by atoms with Crippen molar-refractivity contribution in [2.75, 3.05) is 27.7 Å². The van der Waals surface area contributed by atoms with E-state index in [1.807, 2.05) is 25.9 Å². The number of rotatable bonds is 7. The predicted molar refractivity (Wildman–Crippen MR) is 70.6 cm³/mol. The van der Waals surface area contributed by atoms with Crippen molar-refractivity contribution in [1.29, 1.82) is 0 Å². The second-order valence-corrected chi connectivity index (χ2v) is 4.82. The van der Waals surface area contributed by atoms with Gasteiger partial charge in [-0.25, -0.2) is 9.59 Å². The summed E-state index contributed by atoms with van der Waals surface area (Å²) < 4.78 is 0. The van der Waals surface area contributed by atoms with Crippen LogP contribution in [-0.4, -0.2) is 66.7 Å². The largest absolute Gasteiger partial charge is 0.480 e. The molecule has 0 radical (unpaired) electrons. The van der Waals surface area contributed by atoms with Gasteiger partial charge >= 0.3 is 12.0 Å². The smallest absolute Gasteiger partial charge is 0.326 e. The average molecular weight is 259 g/mol. The summed E-state index contributed by atoms with van der Waals surface area (Å²) in [5.41, 5.74) is 0. The van der Waals surface area contributed by atoms with Crippen LogP contribution in [0.3, 0.4) is 0 Å². The molecule has 6 nitrogen and oxygen atoms in total. The highest BCUT2D eigenvalue weighted by atomic mass is 16.4. The zero-order valence-electron chi connectivity index (χ0n) is 11.9. The Morgan fingerprint density at radius 1 is 1.28 bits per heavy atom. The van der Waals surface area contributed by atoms with Gasteiger partial charge in [-0.3, -0.25) is 0 Å². The minimum absolute atomic E-state index is 0.0219. The first-order valence-electron chi connectivity index (χ1n) is 6.20. The number of carbonyl (C=O) groups is 2. The van der Waals surface area contributed by atoms with Gasteiger partial charge in [-0.2, -0.15) is 0 Å². The highest BCUT2D eigenvalue weighted by Gasteiger charge is 2.25. The van der Waals surface area contributed by atoms with Gasteiger partial charge in [0.05, 0.1) is 0 Å². The summed E-state index contributed by atoms with van der Waals surface area (Å²) >= 11 is 0. The van der Waals surface area contributed by atoms with Crippen LogP contribution < -0.4 is 5.32 Å². The number of amides is 2. The highest BCUT2D eigenvalue weighted by molar-refractivity contribution is 5.82. The molecule has 0 aromatic carbocycles. The maximum absolute atomic E-state index is 11.8. The molecule has 0 spiro atoms. The van der Waals surface area contributed by atoms with Crippen molar-refractivity contribution < 1.29 is 14.7 Å². The maximum Gasteiger partial charge on any atom is 0.326 e. The van der Waals surface area contributed by atoms with Crippen LogP contribution in [0, 0.1) is 0 Å². The number of urea groups is 1. The van der Waals surface area contributed by atoms with Crippen LogP contribution in [0.2, 0.25) is 0 Å². The van der Waals surface area contributed by atoms with Gasteiger partial charge in [0.1, 0.15) is 6.04 Å². The zero-order chi connectivity index (χ0) is 14.3. The molecule has 2 unspecified atom stereocenters. The van der Waals surface area contributed by atoms with Crippen molar-refractivity contribution in [2.45, 2.75) is 38.8 Å². The zero-order valence-corrected chi connectivity index (χ0v) is 11.9. The van der Waals surface area contributed by atoms with Gasteiger partial charge in [0.25, 0.3) is 0 Å². The number of nitrogens with zero attached hydrogens (tertiary/aromatic N) is 2. The molecule has 2 N–H and O–H groups in total. The summed E-state index contributed by atoms with van der Waals surface area (Å²) in [6, 6.07) is -1.09. The molecule has 0 aliphatic rings. The van der Waals surface area contributed by atoms with Gasteiger partial charge < -0.3 is 20.2 Å². The van der Waals surface area contributed by atoms with E-state index in [1.165, 1.54) is 11.9 Å². The Morgan fingerprint density at radius 2 is 1.83 bits per heavy atom. The number of carbonyl (C=O) groups excluding carboxylic acids is 1. The second kappa shape index (κ2) is 7.92. The first-order valence-corrected chi connectivity index (χ1v) is 6.20. The van der Waals surface area contributed by atoms with Crippen molar-refractivity contribution in [3.05, 3.63) is 0 Å². The Kier molecular flexibility index (Phi) is 7.35. The van der Waals surface area contributed by atoms with Crippen LogP contribution in [0.1, 0.15) is 26.7 Å². The van der Waals surface area contributed by atoms with Gasteiger partial charge in [0, 0.05) is 13.1 Å². The molecule has 6 heteroatoms. The third-order valence-electron chi connectivity index (χ3n) is 2.84. The van der Waals surface area contributed by atoms with Gasteiger partial charge in [0.15, 0.2) is 0 Å². The number of carboxylic acids is 1. The number of nitrogens with one attached hydrogen (secondary N) is 1. The molecule has 0 heterocycles. The molecule has 0 aliphatic carbocycles. The highest BCUT2D eigenvalue weighted by Crippen LogP contribution is 2.03. The fraction of sp³-hybridized carbons (Fsp3) is 0.833. The molecule has 2 atom stereocenters. The molecule has 0 rings (SSSR count). The lowest BCUT2D eigenvalue weighted by Gasteiger charge is -2.26. The molecular weight excluding hydrogens is 234 g/mol. The van der Waals surface area contributed by atoms with Crippen molar-refractivity contribution >= 4 is 12.0 Å². The molecule has 2 amide bonds. The summed E-state index contributed by atoms with van der Waals surface area (Å²) in [5, 5.41) is 11.8. The Labute approximate surface area is 109 Å². The first kappa shape index (κ1) is 16.7. The van der Waals surface area contributed by atoms with Crippen molar-refractivity contribution in [1.82, 2.24) is 15.1 Å². The van der Waals surface area contributed by atoms with Crippen molar-refractivity contribution in [3.63, 3.8) is 0 Å². The molecule has 0 fully saturated rings. The van der Waals surface area contributed by atoms with Gasteiger partial charge in [-0.15, -0.1) is 0 Å². The van der Waals surface area contributed by atoms with E-state index in [0.29, 0.717) is 6.42 Å². The molecule has 106 valence electrons. The Hall–Kier alpha value is -1.30. The summed E-state index contributed by atoms with van der Waals surface area (Å²) in [6.45, 7) is 4.54. The SMILES string of the molecule is CCC(C(=O)O)N(C)C(=O)NC(C)CCN(C)C. The Morgan fingerprint density at radius 3 is 2.22 bits per heavy atom. The summed E-state index contributed by atoms with van der Waals surface area (Å²) in [6.07, 6.45) is 1.22. The standard InChI is InChI=1S/C12H25N3O3/c1-6-10(11(16)17)15(5)12(18)13-9(2)7-8-14(3)4/h9-10H,6-8H2,1-5H3,(H,13,18)(H,16,17). The monoisotopic (exact) mass is 259 g/mol. The number of aliphatic carboxylic acids is 1. The van der Waals surface area contributed by atoms with Crippen LogP contribution in [0.4, 0.5) is 4.79 Å². The van der Waals surface area contributed by atoms with Crippen molar-refractivity contribution in [2.24, 2.45) is 0 Å². The maximum atomic E-state index is 11.8. The molecule has 0 aliphatic heterocycles. The van der Waals surface area contributed by atoms with E-state index < -0.39 is 12.0 Å². The Balaban J connectivity index is 4.26. The van der Waals surface area contributed by atoms with E-state index in [4.69, 9.17) is 5.11 Å². The minimum Gasteiger partial charge on any atom is -0.480 e. The fourth-order valence-corrected chi connectivity index (χ4v) is 1.59. The van der Waals surface area contributed by atoms with E-state index in [0.717, 1.165) is 13.0 Å². The molecular formula is C12H25N3O3. The predicted octanol–water partition coefficient (Wildman–Crippen LogP) is 0.831. The van der Waals surface area contributed by atoms with E-state index in [9.17, 15) is 9.59 Å². The first-order chi connectivity index (χ1) is 8.29. The van der Waals surface area contributed by atoms with E-state index >= 15 is 0 Å². The van der Waals surface area contributed by atoms with Crippen LogP contribution in [0.15, 0.2) is 0 Å². The van der Waals surface area contributed by atoms with Crippen molar-refractivity contribution in [3.8, 4) is 0 Å². The van der Waals surface area contributed by atoms with Crippen LogP contribution in [0.25, 0.3) is 0 Å². The second-order valence-electron chi connectivity index (χ2n) is 4.82. The van der Waals surface area contributed by atoms with E-state index in [1.54, 1.807) is 6.92 Å². The fourth-order valence-electron chi connectivity index (χ4n) is 1.59. The normalized spacial score (nSPS) is 14.1. The quantitative estimate of drug-likeness (QED) is 0.710. The average Bonchev–Trinajstić information content (AvgIpc) is 2.26. The molecule has 0 saturated carbocycles. The van der Waals surface area contributed by atoms with Gasteiger partial charge in [0.2, 0.25) is 0 Å². The van der Waals surface area contributed by atoms with Crippen LogP contribution >= 0.6 is 0 Å². The number of carboxylic acid groups (broad SMARTS) is 1. The van der Waals surface area contributed by atoms with Crippen LogP contribution in [-0.2, 0) is 4.79 Å². The lowest BCUT2D eigenvalue weighted by atomic mass is 10.2. The van der Waals surface area contributed by atoms with E-state index in [2.05, 4.69) is 5.32 Å². The van der Waals surface area contributed by atoms with Crippen LogP contribution in [0.5, 0.6) is 0 Å². The van der Waals surface area contributed by atoms with Gasteiger partial charge in [-0.1, -0.05) is 6.92 Å². The third kappa shape index (κ3) is 5.86. The number of hydrogen-bond donors (Lipinski definition) is 2. The minimum atomic E-state index is -0.976. The molecule has 0 bridgehead atoms. The number of hydrogen-bond acceptors (Lipinski definition) is 3. The molecule has 0 aromatic rings. The van der Waals surface area contributed by atoms with E-state index in [-0.39, 0.29) is 12.1 Å². The lowest BCUT2D eigenvalue weighted by Crippen LogP contribution is -2.49. The third-order valence-corrected chi connectivity index (χ3v) is 2.84.